The number of aromatic nitrogens is 2. The van der Waals surface area contributed by atoms with Crippen molar-refractivity contribution in [3.8, 4) is 0 Å². The lowest BCUT2D eigenvalue weighted by Gasteiger charge is -2.29. The maximum absolute atomic E-state index is 14.4. The number of carbonyl (C=O) groups excluding carboxylic acids is 1. The molecule has 2 aromatic carbocycles. The third-order valence-corrected chi connectivity index (χ3v) is 4.27. The number of nitrogens with one attached hydrogen (secondary N) is 2. The number of anilines is 4. The Morgan fingerprint density at radius 2 is 1.72 bits per heavy atom. The summed E-state index contributed by atoms with van der Waals surface area (Å²) >= 11 is 0. The summed E-state index contributed by atoms with van der Waals surface area (Å²) in [6.07, 6.45) is 0. The second kappa shape index (κ2) is 8.23. The Balaban J connectivity index is 1.41. The second-order valence-corrected chi connectivity index (χ2v) is 6.26. The Kier molecular flexibility index (Phi) is 5.34. The summed E-state index contributed by atoms with van der Waals surface area (Å²) in [5.41, 5.74) is 1.23. The van der Waals surface area contributed by atoms with E-state index in [1.807, 2.05) is 4.90 Å². The minimum atomic E-state index is -0.678. The number of benzene rings is 2. The van der Waals surface area contributed by atoms with Gasteiger partial charge in [0.05, 0.1) is 18.9 Å². The van der Waals surface area contributed by atoms with E-state index in [-0.39, 0.29) is 23.4 Å². The van der Waals surface area contributed by atoms with Crippen LogP contribution in [0, 0.1) is 11.6 Å². The molecule has 29 heavy (non-hydrogen) atoms. The molecule has 150 valence electrons. The van der Waals surface area contributed by atoms with Crippen molar-refractivity contribution < 1.29 is 22.7 Å². The normalized spacial score (nSPS) is 13.9. The summed E-state index contributed by atoms with van der Waals surface area (Å²) in [6.45, 7) is 2.30. The fourth-order valence-corrected chi connectivity index (χ4v) is 2.85. The molecule has 0 spiro atoms. The predicted octanol–water partition coefficient (Wildman–Crippen LogP) is 3.18. The third kappa shape index (κ3) is 4.49. The highest BCUT2D eigenvalue weighted by molar-refractivity contribution is 6.01. The summed E-state index contributed by atoms with van der Waals surface area (Å²) in [4.78, 5) is 14.2. The Morgan fingerprint density at radius 1 is 1.00 bits per heavy atom. The van der Waals surface area contributed by atoms with Gasteiger partial charge in [-0.05, 0) is 42.5 Å². The van der Waals surface area contributed by atoms with Gasteiger partial charge in [-0.3, -0.25) is 4.79 Å². The summed E-state index contributed by atoms with van der Waals surface area (Å²) in [5, 5.41) is 12.7. The molecule has 1 aliphatic heterocycles. The topological polar surface area (TPSA) is 92.5 Å². The molecule has 3 aromatic rings. The van der Waals surface area contributed by atoms with Crippen molar-refractivity contribution in [2.45, 2.75) is 0 Å². The molecule has 0 bridgehead atoms. The number of ether oxygens (including phenoxy) is 1. The fraction of sp³-hybridized carbons (Fsp3) is 0.211. The van der Waals surface area contributed by atoms with E-state index in [1.165, 1.54) is 30.3 Å². The zero-order chi connectivity index (χ0) is 20.2. The minimum Gasteiger partial charge on any atom is -0.399 e. The Labute approximate surface area is 164 Å². The first-order valence-electron chi connectivity index (χ1n) is 8.88. The van der Waals surface area contributed by atoms with Gasteiger partial charge < -0.3 is 24.7 Å². The highest BCUT2D eigenvalue weighted by Gasteiger charge is 2.18. The molecular formula is C19H17F2N5O3. The number of carbonyl (C=O) groups is 1. The molecule has 4 rings (SSSR count). The van der Waals surface area contributed by atoms with Gasteiger partial charge in [-0.15, -0.1) is 5.10 Å². The number of nitrogens with zero attached hydrogens (tertiary/aromatic N) is 3. The van der Waals surface area contributed by atoms with Gasteiger partial charge in [-0.25, -0.2) is 8.78 Å². The first-order chi connectivity index (χ1) is 14.1. The zero-order valence-corrected chi connectivity index (χ0v) is 15.2. The van der Waals surface area contributed by atoms with Crippen LogP contribution in [0.1, 0.15) is 10.7 Å². The summed E-state index contributed by atoms with van der Waals surface area (Å²) in [7, 11) is 0. The zero-order valence-electron chi connectivity index (χ0n) is 15.2. The molecule has 0 saturated carbocycles. The molecule has 1 aliphatic rings. The number of morpholine rings is 1. The minimum absolute atomic E-state index is 0.0318. The molecule has 10 heteroatoms. The summed E-state index contributed by atoms with van der Waals surface area (Å²) in [5.74, 6) is -1.81. The van der Waals surface area contributed by atoms with Gasteiger partial charge in [0.25, 0.3) is 0 Å². The van der Waals surface area contributed by atoms with Crippen LogP contribution in [0.25, 0.3) is 0 Å². The molecule has 0 unspecified atom stereocenters. The van der Waals surface area contributed by atoms with Gasteiger partial charge in [-0.2, -0.15) is 0 Å². The monoisotopic (exact) mass is 401 g/mol. The Hall–Kier alpha value is -3.53. The molecule has 0 atom stereocenters. The van der Waals surface area contributed by atoms with Crippen LogP contribution in [-0.4, -0.2) is 42.4 Å². The SMILES string of the molecule is O=C(Nc1ccc(N2CCOCC2)c(F)c1)c1nnc(Nc2ccc(F)cc2)o1. The van der Waals surface area contributed by atoms with E-state index in [4.69, 9.17) is 9.15 Å². The van der Waals surface area contributed by atoms with Gasteiger partial charge in [0.1, 0.15) is 11.6 Å². The van der Waals surface area contributed by atoms with E-state index in [0.29, 0.717) is 37.7 Å². The second-order valence-electron chi connectivity index (χ2n) is 6.26. The van der Waals surface area contributed by atoms with Gasteiger partial charge in [-0.1, -0.05) is 5.10 Å². The van der Waals surface area contributed by atoms with E-state index >= 15 is 0 Å². The highest BCUT2D eigenvalue weighted by atomic mass is 19.1. The Bertz CT molecular complexity index is 1000. The van der Waals surface area contributed by atoms with Crippen molar-refractivity contribution in [3.63, 3.8) is 0 Å². The number of amides is 1. The smallest absolute Gasteiger partial charge is 0.320 e. The number of hydrogen-bond acceptors (Lipinski definition) is 7. The van der Waals surface area contributed by atoms with Gasteiger partial charge in [0.2, 0.25) is 0 Å². The quantitative estimate of drug-likeness (QED) is 0.678. The average Bonchev–Trinajstić information content (AvgIpc) is 3.19. The largest absolute Gasteiger partial charge is 0.399 e. The molecule has 1 fully saturated rings. The number of rotatable bonds is 5. The van der Waals surface area contributed by atoms with Crippen LogP contribution in [0.3, 0.4) is 0 Å². The molecule has 8 nitrogen and oxygen atoms in total. The van der Waals surface area contributed by atoms with Crippen molar-refractivity contribution in [1.29, 1.82) is 0 Å². The van der Waals surface area contributed by atoms with Crippen molar-refractivity contribution in [2.24, 2.45) is 0 Å². The Morgan fingerprint density at radius 3 is 2.45 bits per heavy atom. The molecule has 2 heterocycles. The van der Waals surface area contributed by atoms with Crippen LogP contribution in [-0.2, 0) is 4.74 Å². The number of halogens is 2. The van der Waals surface area contributed by atoms with Crippen LogP contribution in [0.5, 0.6) is 0 Å². The fourth-order valence-electron chi connectivity index (χ4n) is 2.85. The van der Waals surface area contributed by atoms with Crippen molar-refractivity contribution >= 4 is 29.0 Å². The molecule has 1 saturated heterocycles. The molecular weight excluding hydrogens is 384 g/mol. The standard InChI is InChI=1S/C19H17F2N5O3/c20-12-1-3-13(4-2-12)23-19-25-24-18(29-19)17(27)22-14-5-6-16(15(21)11-14)26-7-9-28-10-8-26/h1-6,11H,7-10H2,(H,22,27)(H,23,25). The van der Waals surface area contributed by atoms with Gasteiger partial charge in [0, 0.05) is 24.5 Å². The highest BCUT2D eigenvalue weighted by Crippen LogP contribution is 2.24. The van der Waals surface area contributed by atoms with E-state index < -0.39 is 11.7 Å². The van der Waals surface area contributed by atoms with Crippen molar-refractivity contribution in [2.75, 3.05) is 41.8 Å². The van der Waals surface area contributed by atoms with Crippen molar-refractivity contribution in [1.82, 2.24) is 10.2 Å². The van der Waals surface area contributed by atoms with E-state index in [1.54, 1.807) is 12.1 Å². The van der Waals surface area contributed by atoms with Crippen LogP contribution >= 0.6 is 0 Å². The average molecular weight is 401 g/mol. The first kappa shape index (κ1) is 18.8. The number of hydrogen-bond donors (Lipinski definition) is 2. The van der Waals surface area contributed by atoms with Crippen LogP contribution in [0.4, 0.5) is 31.9 Å². The van der Waals surface area contributed by atoms with Crippen LogP contribution in [0.2, 0.25) is 0 Å². The molecule has 0 aliphatic carbocycles. The summed E-state index contributed by atoms with van der Waals surface area (Å²) in [6, 6.07) is 9.90. The lowest BCUT2D eigenvalue weighted by molar-refractivity contribution is 0.0991. The molecule has 2 N–H and O–H groups in total. The maximum atomic E-state index is 14.4. The lowest BCUT2D eigenvalue weighted by atomic mass is 10.2. The predicted molar refractivity (Wildman–Crippen MR) is 101 cm³/mol. The maximum Gasteiger partial charge on any atom is 0.320 e. The molecule has 1 amide bonds. The van der Waals surface area contributed by atoms with Crippen molar-refractivity contribution in [3.05, 3.63) is 60.0 Å². The summed E-state index contributed by atoms with van der Waals surface area (Å²) < 4.78 is 37.9. The first-order valence-corrected chi connectivity index (χ1v) is 8.88. The van der Waals surface area contributed by atoms with E-state index in [2.05, 4.69) is 20.8 Å². The van der Waals surface area contributed by atoms with Gasteiger partial charge in [0.15, 0.2) is 0 Å². The molecule has 1 aromatic heterocycles. The molecule has 0 radical (unpaired) electrons. The third-order valence-electron chi connectivity index (χ3n) is 4.27. The van der Waals surface area contributed by atoms with Crippen LogP contribution < -0.4 is 15.5 Å². The lowest BCUT2D eigenvalue weighted by Crippen LogP contribution is -2.36. The van der Waals surface area contributed by atoms with E-state index in [0.717, 1.165) is 0 Å². The van der Waals surface area contributed by atoms with Gasteiger partial charge >= 0.3 is 17.8 Å². The van der Waals surface area contributed by atoms with E-state index in [9.17, 15) is 13.6 Å². The van der Waals surface area contributed by atoms with Crippen LogP contribution in [0.15, 0.2) is 46.9 Å².